The van der Waals surface area contributed by atoms with Gasteiger partial charge in [0.15, 0.2) is 0 Å². The molecule has 1 aliphatic heterocycles. The van der Waals surface area contributed by atoms with Crippen LogP contribution in [0.1, 0.15) is 22.3 Å². The Bertz CT molecular complexity index is 760. The molecular formula is C15H14N4O3. The molecule has 7 nitrogen and oxygen atoms in total. The Balaban J connectivity index is 2.08. The van der Waals surface area contributed by atoms with E-state index in [1.807, 2.05) is 6.07 Å². The summed E-state index contributed by atoms with van der Waals surface area (Å²) in [4.78, 5) is 32.3. The van der Waals surface area contributed by atoms with Crippen molar-refractivity contribution in [3.05, 3.63) is 41.9 Å². The topological polar surface area (TPSA) is 109 Å². The Labute approximate surface area is 126 Å². The summed E-state index contributed by atoms with van der Waals surface area (Å²) in [6.07, 6.45) is 5.07. The number of primary amides is 1. The number of nitrogens with two attached hydrogens (primary N) is 1. The fraction of sp³-hybridized carbons (Fsp3) is 0.200. The average molecular weight is 298 g/mol. The molecule has 3 rings (SSSR count). The molecular weight excluding hydrogens is 284 g/mol. The molecule has 0 atom stereocenters. The third-order valence-electron chi connectivity index (χ3n) is 3.65. The first kappa shape index (κ1) is 14.0. The number of fused-ring (bicyclic) bond motifs is 1. The molecule has 0 spiro atoms. The maximum absolute atomic E-state index is 11.5. The second kappa shape index (κ2) is 5.44. The number of rotatable bonds is 2. The van der Waals surface area contributed by atoms with Crippen LogP contribution in [-0.4, -0.2) is 33.6 Å². The van der Waals surface area contributed by atoms with Gasteiger partial charge in [-0.1, -0.05) is 0 Å². The number of hydrogen-bond donors (Lipinski definition) is 2. The van der Waals surface area contributed by atoms with Crippen molar-refractivity contribution in [1.29, 1.82) is 0 Å². The first-order valence-electron chi connectivity index (χ1n) is 6.81. The Kier molecular flexibility index (Phi) is 3.46. The van der Waals surface area contributed by atoms with Crippen LogP contribution in [0.15, 0.2) is 30.7 Å². The maximum atomic E-state index is 11.5. The molecule has 2 aromatic heterocycles. The first-order valence-corrected chi connectivity index (χ1v) is 6.81. The molecule has 0 saturated carbocycles. The van der Waals surface area contributed by atoms with E-state index >= 15 is 0 Å². The molecule has 1 aliphatic rings. The fourth-order valence-corrected chi connectivity index (χ4v) is 2.64. The summed E-state index contributed by atoms with van der Waals surface area (Å²) in [5.74, 6) is -0.0886. The molecule has 2 amide bonds. The van der Waals surface area contributed by atoms with Gasteiger partial charge >= 0.3 is 6.09 Å². The minimum Gasteiger partial charge on any atom is -0.465 e. The smallest absolute Gasteiger partial charge is 0.413 e. The number of aromatic nitrogens is 2. The lowest BCUT2D eigenvalue weighted by Crippen LogP contribution is -2.34. The number of pyridine rings is 2. The van der Waals surface area contributed by atoms with Gasteiger partial charge in [0.1, 0.15) is 5.82 Å². The lowest BCUT2D eigenvalue weighted by Gasteiger charge is -2.26. The molecule has 0 bridgehead atoms. The highest BCUT2D eigenvalue weighted by Crippen LogP contribution is 2.30. The van der Waals surface area contributed by atoms with Crippen LogP contribution in [-0.2, 0) is 6.42 Å². The van der Waals surface area contributed by atoms with E-state index in [0.717, 1.165) is 18.4 Å². The maximum Gasteiger partial charge on any atom is 0.413 e. The van der Waals surface area contributed by atoms with Crippen molar-refractivity contribution in [2.75, 3.05) is 11.4 Å². The molecule has 3 N–H and O–H groups in total. The zero-order chi connectivity index (χ0) is 15.7. The zero-order valence-corrected chi connectivity index (χ0v) is 11.7. The molecule has 2 aromatic rings. The first-order chi connectivity index (χ1) is 10.6. The van der Waals surface area contributed by atoms with Gasteiger partial charge in [0.2, 0.25) is 5.91 Å². The van der Waals surface area contributed by atoms with Crippen molar-refractivity contribution in [3.8, 4) is 11.1 Å². The summed E-state index contributed by atoms with van der Waals surface area (Å²) in [6, 6.07) is 3.40. The molecule has 22 heavy (non-hydrogen) atoms. The summed E-state index contributed by atoms with van der Waals surface area (Å²) in [5.41, 5.74) is 7.88. The van der Waals surface area contributed by atoms with Crippen molar-refractivity contribution in [3.63, 3.8) is 0 Å². The highest BCUT2D eigenvalue weighted by molar-refractivity contribution is 5.99. The third kappa shape index (κ3) is 2.37. The van der Waals surface area contributed by atoms with E-state index < -0.39 is 12.0 Å². The molecule has 0 radical (unpaired) electrons. The minimum atomic E-state index is -1.01. The van der Waals surface area contributed by atoms with Crippen molar-refractivity contribution < 1.29 is 14.7 Å². The van der Waals surface area contributed by atoms with Crippen molar-refractivity contribution in [1.82, 2.24) is 9.97 Å². The van der Waals surface area contributed by atoms with Crippen LogP contribution >= 0.6 is 0 Å². The predicted octanol–water partition coefficient (Wildman–Crippen LogP) is 1.67. The normalized spacial score (nSPS) is 13.5. The Morgan fingerprint density at radius 3 is 2.86 bits per heavy atom. The van der Waals surface area contributed by atoms with Crippen LogP contribution in [0.5, 0.6) is 0 Å². The van der Waals surface area contributed by atoms with E-state index in [0.29, 0.717) is 29.1 Å². The molecule has 0 aliphatic carbocycles. The summed E-state index contributed by atoms with van der Waals surface area (Å²) >= 11 is 0. The molecule has 0 fully saturated rings. The standard InChI is InChI=1S/C15H14N4O3/c16-13(20)11-3-4-17-8-12(11)10-6-9-2-1-5-19(15(21)22)14(9)18-7-10/h3-4,6-8H,1-2,5H2,(H2,16,20)(H,21,22). The largest absolute Gasteiger partial charge is 0.465 e. The highest BCUT2D eigenvalue weighted by atomic mass is 16.4. The fourth-order valence-electron chi connectivity index (χ4n) is 2.64. The van der Waals surface area contributed by atoms with Crippen molar-refractivity contribution in [2.45, 2.75) is 12.8 Å². The number of anilines is 1. The third-order valence-corrected chi connectivity index (χ3v) is 3.65. The van der Waals surface area contributed by atoms with Crippen LogP contribution in [0.4, 0.5) is 10.6 Å². The second-order valence-electron chi connectivity index (χ2n) is 5.03. The zero-order valence-electron chi connectivity index (χ0n) is 11.7. The van der Waals surface area contributed by atoms with E-state index in [-0.39, 0.29) is 0 Å². The summed E-state index contributed by atoms with van der Waals surface area (Å²) in [7, 11) is 0. The van der Waals surface area contributed by atoms with Gasteiger partial charge in [-0.05, 0) is 30.5 Å². The molecule has 7 heteroatoms. The van der Waals surface area contributed by atoms with Crippen molar-refractivity contribution in [2.24, 2.45) is 5.73 Å². The summed E-state index contributed by atoms with van der Waals surface area (Å²) in [5, 5.41) is 9.20. The Morgan fingerprint density at radius 2 is 2.14 bits per heavy atom. The van der Waals surface area contributed by atoms with Gasteiger partial charge in [0.25, 0.3) is 0 Å². The number of nitrogens with zero attached hydrogens (tertiary/aromatic N) is 3. The van der Waals surface area contributed by atoms with Crippen LogP contribution in [0.2, 0.25) is 0 Å². The lowest BCUT2D eigenvalue weighted by molar-refractivity contribution is 0.100. The van der Waals surface area contributed by atoms with Gasteiger partial charge in [-0.3, -0.25) is 14.7 Å². The van der Waals surface area contributed by atoms with Crippen LogP contribution in [0, 0.1) is 0 Å². The SMILES string of the molecule is NC(=O)c1ccncc1-c1cnc2c(c1)CCCN2C(=O)O. The number of carbonyl (C=O) groups excluding carboxylic acids is 1. The molecule has 0 saturated heterocycles. The number of carbonyl (C=O) groups is 2. The Hall–Kier alpha value is -2.96. The van der Waals surface area contributed by atoms with Gasteiger partial charge in [0, 0.05) is 36.3 Å². The van der Waals surface area contributed by atoms with E-state index in [1.54, 1.807) is 18.5 Å². The van der Waals surface area contributed by atoms with Gasteiger partial charge < -0.3 is 10.8 Å². The predicted molar refractivity (Wildman–Crippen MR) is 79.7 cm³/mol. The van der Waals surface area contributed by atoms with E-state index in [9.17, 15) is 14.7 Å². The minimum absolute atomic E-state index is 0.364. The van der Waals surface area contributed by atoms with Crippen LogP contribution in [0.25, 0.3) is 11.1 Å². The summed E-state index contributed by atoms with van der Waals surface area (Å²) < 4.78 is 0. The molecule has 112 valence electrons. The van der Waals surface area contributed by atoms with Gasteiger partial charge in [-0.25, -0.2) is 9.78 Å². The van der Waals surface area contributed by atoms with Gasteiger partial charge in [-0.2, -0.15) is 0 Å². The van der Waals surface area contributed by atoms with E-state index in [1.165, 1.54) is 11.1 Å². The van der Waals surface area contributed by atoms with Crippen LogP contribution < -0.4 is 10.6 Å². The second-order valence-corrected chi connectivity index (χ2v) is 5.03. The average Bonchev–Trinajstić information content (AvgIpc) is 2.53. The lowest BCUT2D eigenvalue weighted by atomic mass is 9.98. The number of hydrogen-bond acceptors (Lipinski definition) is 4. The monoisotopic (exact) mass is 298 g/mol. The molecule has 0 unspecified atom stereocenters. The van der Waals surface area contributed by atoms with Gasteiger partial charge in [-0.15, -0.1) is 0 Å². The number of aryl methyl sites for hydroxylation is 1. The highest BCUT2D eigenvalue weighted by Gasteiger charge is 2.24. The Morgan fingerprint density at radius 1 is 1.32 bits per heavy atom. The molecule has 3 heterocycles. The van der Waals surface area contributed by atoms with Crippen molar-refractivity contribution >= 4 is 17.8 Å². The van der Waals surface area contributed by atoms with E-state index in [4.69, 9.17) is 5.73 Å². The number of carboxylic acid groups (broad SMARTS) is 1. The number of amides is 2. The molecule has 0 aromatic carbocycles. The quantitative estimate of drug-likeness (QED) is 0.876. The summed E-state index contributed by atoms with van der Waals surface area (Å²) in [6.45, 7) is 0.439. The van der Waals surface area contributed by atoms with Gasteiger partial charge in [0.05, 0.1) is 5.56 Å². The van der Waals surface area contributed by atoms with Crippen LogP contribution in [0.3, 0.4) is 0 Å². The van der Waals surface area contributed by atoms with E-state index in [2.05, 4.69) is 9.97 Å².